The van der Waals surface area contributed by atoms with E-state index in [1.807, 2.05) is 0 Å². The van der Waals surface area contributed by atoms with Crippen LogP contribution in [0.25, 0.3) is 0 Å². The summed E-state index contributed by atoms with van der Waals surface area (Å²) in [5.74, 6) is 2.00. The van der Waals surface area contributed by atoms with Crippen molar-refractivity contribution in [2.75, 3.05) is 0 Å². The smallest absolute Gasteiger partial charge is 0.0710 e. The molecule has 2 rings (SSSR count). The Balaban J connectivity index is 2.14. The van der Waals surface area contributed by atoms with Crippen LogP contribution in [0, 0.1) is 17.8 Å². The fraction of sp³-hybridized carbons (Fsp3) is 0.889. The van der Waals surface area contributed by atoms with Crippen molar-refractivity contribution in [2.45, 2.75) is 84.2 Å². The van der Waals surface area contributed by atoms with E-state index in [0.717, 1.165) is 24.7 Å². The molecule has 110 valence electrons. The fourth-order valence-corrected chi connectivity index (χ4v) is 4.54. The van der Waals surface area contributed by atoms with E-state index in [1.165, 1.54) is 44.9 Å². The molecule has 0 aliphatic heterocycles. The Labute approximate surface area is 119 Å². The summed E-state index contributed by atoms with van der Waals surface area (Å²) in [6.07, 6.45) is 13.6. The highest BCUT2D eigenvalue weighted by atomic mass is 16.3. The predicted octanol–water partition coefficient (Wildman–Crippen LogP) is 5.09. The number of rotatable bonds is 7. The van der Waals surface area contributed by atoms with Gasteiger partial charge < -0.3 is 5.11 Å². The number of allylic oxidation sites excluding steroid dienone is 1. The van der Waals surface area contributed by atoms with Gasteiger partial charge in [0.1, 0.15) is 0 Å². The van der Waals surface area contributed by atoms with Crippen LogP contribution in [-0.2, 0) is 0 Å². The van der Waals surface area contributed by atoms with Crippen molar-refractivity contribution in [3.63, 3.8) is 0 Å². The first-order chi connectivity index (χ1) is 9.16. The van der Waals surface area contributed by atoms with E-state index in [1.54, 1.807) is 5.57 Å². The molecule has 0 aromatic carbocycles. The number of hydrogen-bond donors (Lipinski definition) is 1. The summed E-state index contributed by atoms with van der Waals surface area (Å²) < 4.78 is 0. The van der Waals surface area contributed by atoms with Gasteiger partial charge in [-0.3, -0.25) is 0 Å². The van der Waals surface area contributed by atoms with Gasteiger partial charge in [0.25, 0.3) is 0 Å². The van der Waals surface area contributed by atoms with Crippen molar-refractivity contribution < 1.29 is 5.11 Å². The molecule has 2 aliphatic carbocycles. The summed E-state index contributed by atoms with van der Waals surface area (Å²) in [6, 6.07) is 0. The van der Waals surface area contributed by atoms with E-state index in [2.05, 4.69) is 26.8 Å². The Kier molecular flexibility index (Phi) is 5.11. The van der Waals surface area contributed by atoms with Crippen molar-refractivity contribution >= 4 is 0 Å². The van der Waals surface area contributed by atoms with Crippen LogP contribution < -0.4 is 0 Å². The van der Waals surface area contributed by atoms with Gasteiger partial charge in [-0.05, 0) is 50.4 Å². The van der Waals surface area contributed by atoms with Crippen LogP contribution in [0.15, 0.2) is 11.6 Å². The van der Waals surface area contributed by atoms with Crippen LogP contribution in [0.1, 0.15) is 78.6 Å². The number of aliphatic hydroxyl groups is 1. The molecule has 0 saturated heterocycles. The zero-order valence-electron chi connectivity index (χ0n) is 13.1. The first kappa shape index (κ1) is 15.1. The molecule has 0 radical (unpaired) electrons. The molecule has 1 fully saturated rings. The maximum atomic E-state index is 11.1. The van der Waals surface area contributed by atoms with Crippen LogP contribution in [0.3, 0.4) is 0 Å². The van der Waals surface area contributed by atoms with Crippen molar-refractivity contribution in [3.05, 3.63) is 11.6 Å². The van der Waals surface area contributed by atoms with Gasteiger partial charge in [-0.2, -0.15) is 0 Å². The maximum absolute atomic E-state index is 11.1. The molecule has 0 bridgehead atoms. The minimum atomic E-state index is -0.443. The zero-order valence-corrected chi connectivity index (χ0v) is 13.1. The van der Waals surface area contributed by atoms with Crippen LogP contribution in [0.4, 0.5) is 0 Å². The molecule has 0 spiro atoms. The average molecular weight is 264 g/mol. The minimum Gasteiger partial charge on any atom is -0.389 e. The lowest BCUT2D eigenvalue weighted by molar-refractivity contribution is -0.0329. The molecule has 3 atom stereocenters. The van der Waals surface area contributed by atoms with Gasteiger partial charge >= 0.3 is 0 Å². The summed E-state index contributed by atoms with van der Waals surface area (Å²) in [5, 5.41) is 11.1. The molecule has 0 unspecified atom stereocenters. The Morgan fingerprint density at radius 2 is 1.89 bits per heavy atom. The molecule has 1 heteroatoms. The number of hydrogen-bond acceptors (Lipinski definition) is 1. The monoisotopic (exact) mass is 264 g/mol. The van der Waals surface area contributed by atoms with E-state index < -0.39 is 5.60 Å². The van der Waals surface area contributed by atoms with Gasteiger partial charge in [0.2, 0.25) is 0 Å². The average Bonchev–Trinajstić information content (AvgIpc) is 2.98. The Bertz CT molecular complexity index is 314. The van der Waals surface area contributed by atoms with E-state index >= 15 is 0 Å². The first-order valence-corrected chi connectivity index (χ1v) is 8.59. The van der Waals surface area contributed by atoms with E-state index in [0.29, 0.717) is 5.92 Å². The molecular weight excluding hydrogens is 232 g/mol. The van der Waals surface area contributed by atoms with Gasteiger partial charge in [-0.25, -0.2) is 0 Å². The lowest BCUT2D eigenvalue weighted by Gasteiger charge is -2.38. The molecule has 1 saturated carbocycles. The largest absolute Gasteiger partial charge is 0.389 e. The second kappa shape index (κ2) is 6.43. The van der Waals surface area contributed by atoms with Crippen LogP contribution in [0.5, 0.6) is 0 Å². The Morgan fingerprint density at radius 3 is 2.53 bits per heavy atom. The van der Waals surface area contributed by atoms with Gasteiger partial charge in [-0.1, -0.05) is 51.7 Å². The molecule has 0 aromatic rings. The molecule has 0 aromatic heterocycles. The molecule has 2 aliphatic rings. The summed E-state index contributed by atoms with van der Waals surface area (Å²) in [4.78, 5) is 0. The summed E-state index contributed by atoms with van der Waals surface area (Å²) in [6.45, 7) is 6.59. The second-order valence-electron chi connectivity index (χ2n) is 6.75. The number of unbranched alkanes of at least 4 members (excludes halogenated alkanes) is 2. The predicted molar refractivity (Wildman–Crippen MR) is 82.1 cm³/mol. The van der Waals surface area contributed by atoms with Crippen molar-refractivity contribution in [3.8, 4) is 0 Å². The highest BCUT2D eigenvalue weighted by molar-refractivity contribution is 5.24. The van der Waals surface area contributed by atoms with Gasteiger partial charge in [0, 0.05) is 5.92 Å². The third-order valence-electron chi connectivity index (χ3n) is 5.75. The van der Waals surface area contributed by atoms with Crippen LogP contribution >= 0.6 is 0 Å². The van der Waals surface area contributed by atoms with E-state index in [-0.39, 0.29) is 0 Å². The molecule has 1 nitrogen and oxygen atoms in total. The van der Waals surface area contributed by atoms with Crippen molar-refractivity contribution in [1.29, 1.82) is 0 Å². The van der Waals surface area contributed by atoms with Crippen LogP contribution in [0.2, 0.25) is 0 Å². The van der Waals surface area contributed by atoms with Crippen molar-refractivity contribution in [2.24, 2.45) is 17.8 Å². The third-order valence-corrected chi connectivity index (χ3v) is 5.75. The van der Waals surface area contributed by atoms with Gasteiger partial charge in [-0.15, -0.1) is 0 Å². The summed E-state index contributed by atoms with van der Waals surface area (Å²) >= 11 is 0. The topological polar surface area (TPSA) is 20.2 Å². The maximum Gasteiger partial charge on any atom is 0.0710 e. The van der Waals surface area contributed by atoms with Gasteiger partial charge in [0.05, 0.1) is 5.60 Å². The minimum absolute atomic E-state index is 0.443. The highest BCUT2D eigenvalue weighted by Crippen LogP contribution is 2.53. The quantitative estimate of drug-likeness (QED) is 0.501. The Morgan fingerprint density at radius 1 is 1.16 bits per heavy atom. The molecular formula is C18H32O. The lowest BCUT2D eigenvalue weighted by atomic mass is 9.72. The first-order valence-electron chi connectivity index (χ1n) is 8.59. The fourth-order valence-electron chi connectivity index (χ4n) is 4.54. The lowest BCUT2D eigenvalue weighted by Crippen LogP contribution is -2.40. The standard InChI is InChI=1S/C18H32O/c1-4-7-8-10-15-13-14-11-9-12-16(14)17(15)18(19,5-2)6-3/h13-14,16-17,19H,4-12H2,1-3H3/t14-,16-,17-/m1/s1. The molecule has 0 amide bonds. The van der Waals surface area contributed by atoms with E-state index in [4.69, 9.17) is 0 Å². The molecule has 1 N–H and O–H groups in total. The van der Waals surface area contributed by atoms with E-state index in [9.17, 15) is 5.11 Å². The van der Waals surface area contributed by atoms with Gasteiger partial charge in [0.15, 0.2) is 0 Å². The highest BCUT2D eigenvalue weighted by Gasteiger charge is 2.48. The second-order valence-corrected chi connectivity index (χ2v) is 6.75. The Hall–Kier alpha value is -0.300. The third kappa shape index (κ3) is 2.91. The molecule has 19 heavy (non-hydrogen) atoms. The normalized spacial score (nSPS) is 30.5. The van der Waals surface area contributed by atoms with Crippen LogP contribution in [-0.4, -0.2) is 10.7 Å². The summed E-state index contributed by atoms with van der Waals surface area (Å²) in [7, 11) is 0. The number of fused-ring (bicyclic) bond motifs is 1. The summed E-state index contributed by atoms with van der Waals surface area (Å²) in [5.41, 5.74) is 1.16. The van der Waals surface area contributed by atoms with Crippen molar-refractivity contribution in [1.82, 2.24) is 0 Å². The SMILES string of the molecule is CCCCCC1=C[C@H]2CCC[C@H]2[C@@H]1C(O)(CC)CC. The zero-order chi connectivity index (χ0) is 13.9. The molecule has 0 heterocycles.